The van der Waals surface area contributed by atoms with E-state index < -0.39 is 0 Å². The van der Waals surface area contributed by atoms with Crippen molar-refractivity contribution in [1.29, 1.82) is 0 Å². The Bertz CT molecular complexity index is 311. The lowest BCUT2D eigenvalue weighted by atomic mass is 10.2. The minimum Gasteiger partial charge on any atom is -0.492 e. The molecule has 1 rings (SSSR count). The molecule has 90 valence electrons. The van der Waals surface area contributed by atoms with Gasteiger partial charge in [0.15, 0.2) is 0 Å². The maximum Gasteiger partial charge on any atom is 0.122 e. The van der Waals surface area contributed by atoms with Gasteiger partial charge >= 0.3 is 0 Å². The summed E-state index contributed by atoms with van der Waals surface area (Å²) >= 11 is 0. The van der Waals surface area contributed by atoms with E-state index in [0.717, 1.165) is 18.8 Å². The van der Waals surface area contributed by atoms with E-state index >= 15 is 0 Å². The first kappa shape index (κ1) is 13.0. The van der Waals surface area contributed by atoms with Crippen LogP contribution >= 0.6 is 0 Å². The van der Waals surface area contributed by atoms with Crippen molar-refractivity contribution in [2.75, 3.05) is 6.61 Å². The number of benzene rings is 1. The fourth-order valence-electron chi connectivity index (χ4n) is 1.58. The Balaban J connectivity index is 2.37. The van der Waals surface area contributed by atoms with Crippen molar-refractivity contribution < 1.29 is 4.74 Å². The van der Waals surface area contributed by atoms with Gasteiger partial charge in [-0.15, -0.1) is 0 Å². The summed E-state index contributed by atoms with van der Waals surface area (Å²) in [6.07, 6.45) is 1.15. The molecule has 2 heteroatoms. The zero-order valence-corrected chi connectivity index (χ0v) is 10.8. The Hall–Kier alpha value is -1.02. The summed E-state index contributed by atoms with van der Waals surface area (Å²) < 4.78 is 5.78. The van der Waals surface area contributed by atoms with Gasteiger partial charge in [-0.05, 0) is 38.8 Å². The molecule has 1 aromatic carbocycles. The highest BCUT2D eigenvalue weighted by atomic mass is 16.5. The monoisotopic (exact) mass is 221 g/mol. The van der Waals surface area contributed by atoms with Gasteiger partial charge in [0.1, 0.15) is 12.4 Å². The molecular formula is C14H23NO. The molecule has 2 unspecified atom stereocenters. The van der Waals surface area contributed by atoms with E-state index in [1.165, 1.54) is 5.56 Å². The van der Waals surface area contributed by atoms with E-state index in [1.807, 2.05) is 18.2 Å². The molecular weight excluding hydrogens is 198 g/mol. The van der Waals surface area contributed by atoms with Gasteiger partial charge in [-0.2, -0.15) is 0 Å². The second kappa shape index (κ2) is 6.54. The van der Waals surface area contributed by atoms with Gasteiger partial charge < -0.3 is 10.1 Å². The maximum atomic E-state index is 5.78. The van der Waals surface area contributed by atoms with Crippen LogP contribution in [0.25, 0.3) is 0 Å². The predicted octanol–water partition coefficient (Wildman–Crippen LogP) is 3.15. The highest BCUT2D eigenvalue weighted by Crippen LogP contribution is 2.16. The van der Waals surface area contributed by atoms with E-state index in [9.17, 15) is 0 Å². The van der Waals surface area contributed by atoms with Gasteiger partial charge in [0.25, 0.3) is 0 Å². The molecule has 16 heavy (non-hydrogen) atoms. The topological polar surface area (TPSA) is 21.3 Å². The third-order valence-corrected chi connectivity index (χ3v) is 2.76. The van der Waals surface area contributed by atoms with Crippen molar-refractivity contribution in [2.24, 2.45) is 0 Å². The number of nitrogens with one attached hydrogen (secondary N) is 1. The number of rotatable bonds is 6. The van der Waals surface area contributed by atoms with Crippen LogP contribution in [-0.2, 0) is 0 Å². The fourth-order valence-corrected chi connectivity index (χ4v) is 1.58. The number of para-hydroxylation sites is 1. The highest BCUT2D eigenvalue weighted by Gasteiger charge is 2.06. The normalized spacial score (nSPS) is 14.5. The Morgan fingerprint density at radius 3 is 2.50 bits per heavy atom. The number of ether oxygens (including phenoxy) is 1. The summed E-state index contributed by atoms with van der Waals surface area (Å²) in [5.74, 6) is 0.986. The first-order valence-corrected chi connectivity index (χ1v) is 6.08. The predicted molar refractivity (Wildman–Crippen MR) is 69.0 cm³/mol. The molecule has 1 aromatic rings. The molecule has 0 aliphatic heterocycles. The van der Waals surface area contributed by atoms with Gasteiger partial charge in [0.05, 0.1) is 0 Å². The standard InChI is InChI=1S/C14H23NO/c1-5-12(3)15-13(4)10-16-14-9-7-6-8-11(14)2/h6-9,12-13,15H,5,10H2,1-4H3. The number of hydrogen-bond acceptors (Lipinski definition) is 2. The van der Waals surface area contributed by atoms with Crippen LogP contribution in [-0.4, -0.2) is 18.7 Å². The van der Waals surface area contributed by atoms with Crippen LogP contribution in [0.3, 0.4) is 0 Å². The van der Waals surface area contributed by atoms with Crippen molar-refractivity contribution in [1.82, 2.24) is 5.32 Å². The molecule has 0 aliphatic carbocycles. The first-order chi connectivity index (χ1) is 7.63. The molecule has 0 aliphatic rings. The fraction of sp³-hybridized carbons (Fsp3) is 0.571. The van der Waals surface area contributed by atoms with E-state index in [2.05, 4.69) is 39.1 Å². The van der Waals surface area contributed by atoms with Crippen LogP contribution in [0, 0.1) is 6.92 Å². The molecule has 0 bridgehead atoms. The van der Waals surface area contributed by atoms with Crippen LogP contribution < -0.4 is 10.1 Å². The first-order valence-electron chi connectivity index (χ1n) is 6.08. The number of hydrogen-bond donors (Lipinski definition) is 1. The average Bonchev–Trinajstić information content (AvgIpc) is 2.28. The third kappa shape index (κ3) is 4.23. The van der Waals surface area contributed by atoms with Crippen LogP contribution in [0.2, 0.25) is 0 Å². The molecule has 0 fully saturated rings. The van der Waals surface area contributed by atoms with E-state index in [4.69, 9.17) is 4.74 Å². The summed E-state index contributed by atoms with van der Waals surface area (Å²) in [5.41, 5.74) is 1.19. The van der Waals surface area contributed by atoms with Crippen molar-refractivity contribution in [3.05, 3.63) is 29.8 Å². The van der Waals surface area contributed by atoms with Gasteiger partial charge in [0, 0.05) is 12.1 Å². The maximum absolute atomic E-state index is 5.78. The van der Waals surface area contributed by atoms with Crippen molar-refractivity contribution in [3.8, 4) is 5.75 Å². The second-order valence-corrected chi connectivity index (χ2v) is 4.45. The van der Waals surface area contributed by atoms with Gasteiger partial charge in [-0.1, -0.05) is 25.1 Å². The molecule has 0 saturated heterocycles. The van der Waals surface area contributed by atoms with E-state index in [-0.39, 0.29) is 0 Å². The Morgan fingerprint density at radius 1 is 1.19 bits per heavy atom. The Kier molecular flexibility index (Phi) is 5.33. The van der Waals surface area contributed by atoms with Gasteiger partial charge in [0.2, 0.25) is 0 Å². The summed E-state index contributed by atoms with van der Waals surface area (Å²) in [5, 5.41) is 3.49. The zero-order valence-electron chi connectivity index (χ0n) is 10.8. The summed E-state index contributed by atoms with van der Waals surface area (Å²) in [6, 6.07) is 9.07. The lowest BCUT2D eigenvalue weighted by molar-refractivity contribution is 0.261. The minimum absolute atomic E-state index is 0.384. The van der Waals surface area contributed by atoms with Crippen molar-refractivity contribution >= 4 is 0 Å². The molecule has 0 spiro atoms. The third-order valence-electron chi connectivity index (χ3n) is 2.76. The molecule has 0 amide bonds. The van der Waals surface area contributed by atoms with E-state index in [1.54, 1.807) is 0 Å². The summed E-state index contributed by atoms with van der Waals surface area (Å²) in [6.45, 7) is 9.33. The van der Waals surface area contributed by atoms with Crippen molar-refractivity contribution in [3.63, 3.8) is 0 Å². The SMILES string of the molecule is CCC(C)NC(C)COc1ccccc1C. The van der Waals surface area contributed by atoms with Crippen molar-refractivity contribution in [2.45, 2.75) is 46.2 Å². The minimum atomic E-state index is 0.384. The Morgan fingerprint density at radius 2 is 1.88 bits per heavy atom. The zero-order chi connectivity index (χ0) is 12.0. The van der Waals surface area contributed by atoms with Crippen LogP contribution in [0.4, 0.5) is 0 Å². The molecule has 1 N–H and O–H groups in total. The smallest absolute Gasteiger partial charge is 0.122 e. The van der Waals surface area contributed by atoms with Crippen LogP contribution in [0.15, 0.2) is 24.3 Å². The molecule has 0 radical (unpaired) electrons. The summed E-state index contributed by atoms with van der Waals surface area (Å²) in [4.78, 5) is 0. The lowest BCUT2D eigenvalue weighted by Gasteiger charge is -2.19. The van der Waals surface area contributed by atoms with Gasteiger partial charge in [-0.3, -0.25) is 0 Å². The number of aryl methyl sites for hydroxylation is 1. The van der Waals surface area contributed by atoms with Crippen LogP contribution in [0.5, 0.6) is 5.75 Å². The lowest BCUT2D eigenvalue weighted by Crippen LogP contribution is -2.37. The van der Waals surface area contributed by atoms with Gasteiger partial charge in [-0.25, -0.2) is 0 Å². The Labute approximate surface area is 99.0 Å². The largest absolute Gasteiger partial charge is 0.492 e. The highest BCUT2D eigenvalue weighted by molar-refractivity contribution is 5.31. The quantitative estimate of drug-likeness (QED) is 0.796. The molecule has 0 heterocycles. The molecule has 0 aromatic heterocycles. The van der Waals surface area contributed by atoms with Crippen LogP contribution in [0.1, 0.15) is 32.8 Å². The molecule has 0 saturated carbocycles. The molecule has 2 nitrogen and oxygen atoms in total. The summed E-state index contributed by atoms with van der Waals surface area (Å²) in [7, 11) is 0. The molecule has 2 atom stereocenters. The second-order valence-electron chi connectivity index (χ2n) is 4.45. The van der Waals surface area contributed by atoms with E-state index in [0.29, 0.717) is 12.1 Å². The average molecular weight is 221 g/mol.